The highest BCUT2D eigenvalue weighted by molar-refractivity contribution is 6.03. The zero-order chi connectivity index (χ0) is 18.1. The summed E-state index contributed by atoms with van der Waals surface area (Å²) in [5.74, 6) is -0.231. The van der Waals surface area contributed by atoms with E-state index in [0.29, 0.717) is 18.8 Å². The van der Waals surface area contributed by atoms with Crippen LogP contribution in [0.5, 0.6) is 0 Å². The number of carbonyl (C=O) groups is 1. The Bertz CT molecular complexity index is 669. The lowest BCUT2D eigenvalue weighted by Gasteiger charge is -2.21. The molecule has 0 atom stereocenters. The summed E-state index contributed by atoms with van der Waals surface area (Å²) in [5.41, 5.74) is 3.11. The molecule has 6 nitrogen and oxygen atoms in total. The van der Waals surface area contributed by atoms with Crippen molar-refractivity contribution in [3.05, 3.63) is 48.3 Å². The van der Waals surface area contributed by atoms with Gasteiger partial charge in [-0.25, -0.2) is 0 Å². The Morgan fingerprint density at radius 2 is 1.84 bits per heavy atom. The second-order valence-corrected chi connectivity index (χ2v) is 5.52. The number of methoxy groups -OCH3 is 1. The van der Waals surface area contributed by atoms with Crippen LogP contribution in [-0.4, -0.2) is 44.2 Å². The Morgan fingerprint density at radius 1 is 1.12 bits per heavy atom. The summed E-state index contributed by atoms with van der Waals surface area (Å²) in [4.78, 5) is 18.8. The third-order valence-corrected chi connectivity index (χ3v) is 3.88. The van der Waals surface area contributed by atoms with Crippen LogP contribution in [0.2, 0.25) is 0 Å². The van der Waals surface area contributed by atoms with Gasteiger partial charge >= 0.3 is 0 Å². The van der Waals surface area contributed by atoms with Crippen molar-refractivity contribution >= 4 is 23.0 Å². The Kier molecular flexibility index (Phi) is 7.22. The summed E-state index contributed by atoms with van der Waals surface area (Å²) >= 11 is 0. The minimum Gasteiger partial charge on any atom is -0.383 e. The Hall–Kier alpha value is -2.60. The molecule has 1 aromatic carbocycles. The van der Waals surface area contributed by atoms with Crippen LogP contribution in [0.15, 0.2) is 42.6 Å². The molecule has 0 spiro atoms. The third kappa shape index (κ3) is 5.46. The molecule has 0 bridgehead atoms. The maximum absolute atomic E-state index is 12.4. The first-order valence-corrected chi connectivity index (χ1v) is 8.53. The van der Waals surface area contributed by atoms with Crippen molar-refractivity contribution < 1.29 is 9.53 Å². The number of carbonyl (C=O) groups excluding carboxylic acids is 1. The van der Waals surface area contributed by atoms with E-state index in [9.17, 15) is 4.79 Å². The molecule has 1 heterocycles. The number of rotatable bonds is 9. The number of anilines is 3. The Labute approximate surface area is 149 Å². The molecule has 1 amide bonds. The average Bonchev–Trinajstić information content (AvgIpc) is 2.64. The van der Waals surface area contributed by atoms with Crippen LogP contribution in [0.3, 0.4) is 0 Å². The molecular weight excluding hydrogens is 316 g/mol. The first-order valence-electron chi connectivity index (χ1n) is 8.53. The Morgan fingerprint density at radius 3 is 2.48 bits per heavy atom. The van der Waals surface area contributed by atoms with Crippen molar-refractivity contribution in [3.8, 4) is 0 Å². The average molecular weight is 342 g/mol. The van der Waals surface area contributed by atoms with Gasteiger partial charge in [0.05, 0.1) is 6.61 Å². The smallest absolute Gasteiger partial charge is 0.274 e. The van der Waals surface area contributed by atoms with Gasteiger partial charge in [-0.2, -0.15) is 0 Å². The van der Waals surface area contributed by atoms with E-state index >= 15 is 0 Å². The number of hydrogen-bond acceptors (Lipinski definition) is 5. The number of amides is 1. The third-order valence-electron chi connectivity index (χ3n) is 3.88. The number of benzene rings is 1. The molecule has 6 heteroatoms. The van der Waals surface area contributed by atoms with Gasteiger partial charge in [-0.3, -0.25) is 9.78 Å². The van der Waals surface area contributed by atoms with Crippen LogP contribution < -0.4 is 15.5 Å². The molecule has 2 N–H and O–H groups in total. The van der Waals surface area contributed by atoms with Gasteiger partial charge in [-0.05, 0) is 50.2 Å². The number of ether oxygens (including phenoxy) is 1. The lowest BCUT2D eigenvalue weighted by molar-refractivity contribution is 0.102. The standard InChI is InChI=1S/C19H26N4O2/c1-4-23(5-2)17-8-6-15(7-9-17)22-19(24)18-14-16(10-11-21-18)20-12-13-25-3/h6-11,14H,4-5,12-13H2,1-3H3,(H,20,21)(H,22,24). The van der Waals surface area contributed by atoms with Crippen LogP contribution in [0, 0.1) is 0 Å². The van der Waals surface area contributed by atoms with Crippen LogP contribution in [0.1, 0.15) is 24.3 Å². The fourth-order valence-electron chi connectivity index (χ4n) is 2.50. The first kappa shape index (κ1) is 18.7. The van der Waals surface area contributed by atoms with Crippen LogP contribution in [0.25, 0.3) is 0 Å². The number of aromatic nitrogens is 1. The van der Waals surface area contributed by atoms with E-state index in [2.05, 4.69) is 34.4 Å². The van der Waals surface area contributed by atoms with Gasteiger partial charge in [0.1, 0.15) is 5.69 Å². The summed E-state index contributed by atoms with van der Waals surface area (Å²) in [6.07, 6.45) is 1.62. The van der Waals surface area contributed by atoms with Crippen molar-refractivity contribution in [2.24, 2.45) is 0 Å². The molecule has 0 saturated carbocycles. The highest BCUT2D eigenvalue weighted by Gasteiger charge is 2.09. The predicted molar refractivity (Wildman–Crippen MR) is 103 cm³/mol. The van der Waals surface area contributed by atoms with Crippen LogP contribution in [-0.2, 0) is 4.74 Å². The molecule has 0 saturated heterocycles. The first-order chi connectivity index (χ1) is 12.2. The number of nitrogens with zero attached hydrogens (tertiary/aromatic N) is 2. The molecule has 134 valence electrons. The monoisotopic (exact) mass is 342 g/mol. The molecule has 0 aliphatic heterocycles. The molecule has 0 aliphatic carbocycles. The van der Waals surface area contributed by atoms with Crippen LogP contribution in [0.4, 0.5) is 17.1 Å². The van der Waals surface area contributed by atoms with E-state index in [4.69, 9.17) is 4.74 Å². The van der Waals surface area contributed by atoms with Gasteiger partial charge in [0, 0.05) is 50.0 Å². The Balaban J connectivity index is 2.00. The normalized spacial score (nSPS) is 10.4. The maximum atomic E-state index is 12.4. The zero-order valence-electron chi connectivity index (χ0n) is 15.1. The molecule has 0 unspecified atom stereocenters. The molecule has 0 aliphatic rings. The fourth-order valence-corrected chi connectivity index (χ4v) is 2.50. The highest BCUT2D eigenvalue weighted by atomic mass is 16.5. The zero-order valence-corrected chi connectivity index (χ0v) is 15.1. The summed E-state index contributed by atoms with van der Waals surface area (Å²) in [5, 5.41) is 6.07. The molecule has 0 fully saturated rings. The second kappa shape index (κ2) is 9.64. The molecule has 25 heavy (non-hydrogen) atoms. The van der Waals surface area contributed by atoms with E-state index in [-0.39, 0.29) is 5.91 Å². The molecular formula is C19H26N4O2. The quantitative estimate of drug-likeness (QED) is 0.685. The van der Waals surface area contributed by atoms with Gasteiger partial charge in [-0.15, -0.1) is 0 Å². The van der Waals surface area contributed by atoms with E-state index in [1.165, 1.54) is 0 Å². The number of nitrogens with one attached hydrogen (secondary N) is 2. The van der Waals surface area contributed by atoms with Gasteiger partial charge in [0.25, 0.3) is 5.91 Å². The molecule has 2 aromatic rings. The second-order valence-electron chi connectivity index (χ2n) is 5.52. The minimum absolute atomic E-state index is 0.231. The fraction of sp³-hybridized carbons (Fsp3) is 0.368. The van der Waals surface area contributed by atoms with Crippen LogP contribution >= 0.6 is 0 Å². The van der Waals surface area contributed by atoms with E-state index in [1.54, 1.807) is 19.4 Å². The lowest BCUT2D eigenvalue weighted by Crippen LogP contribution is -2.21. The summed E-state index contributed by atoms with van der Waals surface area (Å²) in [6, 6.07) is 11.4. The van der Waals surface area contributed by atoms with Crippen molar-refractivity contribution in [2.45, 2.75) is 13.8 Å². The van der Waals surface area contributed by atoms with Gasteiger partial charge < -0.3 is 20.3 Å². The van der Waals surface area contributed by atoms with Gasteiger partial charge in [-0.1, -0.05) is 0 Å². The van der Waals surface area contributed by atoms with Crippen molar-refractivity contribution in [1.29, 1.82) is 0 Å². The number of pyridine rings is 1. The molecule has 2 rings (SSSR count). The highest BCUT2D eigenvalue weighted by Crippen LogP contribution is 2.18. The van der Waals surface area contributed by atoms with E-state index in [0.717, 1.165) is 30.2 Å². The number of hydrogen-bond donors (Lipinski definition) is 2. The van der Waals surface area contributed by atoms with E-state index < -0.39 is 0 Å². The van der Waals surface area contributed by atoms with Crippen molar-refractivity contribution in [2.75, 3.05) is 48.9 Å². The van der Waals surface area contributed by atoms with Gasteiger partial charge in [0.15, 0.2) is 0 Å². The minimum atomic E-state index is -0.231. The summed E-state index contributed by atoms with van der Waals surface area (Å²) < 4.78 is 5.00. The molecule has 1 aromatic heterocycles. The summed E-state index contributed by atoms with van der Waals surface area (Å²) in [7, 11) is 1.65. The SMILES string of the molecule is CCN(CC)c1ccc(NC(=O)c2cc(NCCOC)ccn2)cc1. The van der Waals surface area contributed by atoms with Gasteiger partial charge in [0.2, 0.25) is 0 Å². The largest absolute Gasteiger partial charge is 0.383 e. The lowest BCUT2D eigenvalue weighted by atomic mass is 10.2. The topological polar surface area (TPSA) is 66.5 Å². The van der Waals surface area contributed by atoms with Crippen molar-refractivity contribution in [3.63, 3.8) is 0 Å². The van der Waals surface area contributed by atoms with E-state index in [1.807, 2.05) is 30.3 Å². The summed E-state index contributed by atoms with van der Waals surface area (Å²) in [6.45, 7) is 7.43. The predicted octanol–water partition coefficient (Wildman–Crippen LogP) is 3.24. The van der Waals surface area contributed by atoms with Crippen molar-refractivity contribution in [1.82, 2.24) is 4.98 Å². The molecule has 0 radical (unpaired) electrons. The maximum Gasteiger partial charge on any atom is 0.274 e.